The molecule has 0 aliphatic heterocycles. The molecule has 104 valence electrons. The number of hydrogen-bond donors (Lipinski definition) is 0. The minimum Gasteiger partial charge on any atom is -0.495 e. The number of nitriles is 1. The van der Waals surface area contributed by atoms with Crippen molar-refractivity contribution < 1.29 is 14.3 Å². The molecule has 0 atom stereocenters. The first-order chi connectivity index (χ1) is 9.62. The lowest BCUT2D eigenvalue weighted by Gasteiger charge is -2.09. The lowest BCUT2D eigenvalue weighted by molar-refractivity contribution is -0.137. The van der Waals surface area contributed by atoms with Crippen LogP contribution in [-0.2, 0) is 16.0 Å². The van der Waals surface area contributed by atoms with Gasteiger partial charge in [0.15, 0.2) is 0 Å². The number of hydrogen-bond acceptors (Lipinski definition) is 4. The molecule has 0 heterocycles. The summed E-state index contributed by atoms with van der Waals surface area (Å²) in [5.41, 5.74) is 2.63. The van der Waals surface area contributed by atoms with Crippen LogP contribution >= 0.6 is 11.6 Å². The number of carbonyl (C=O) groups excluding carboxylic acids is 1. The first-order valence-corrected chi connectivity index (χ1v) is 6.67. The van der Waals surface area contributed by atoms with Gasteiger partial charge in [-0.25, -0.2) is 4.79 Å². The van der Waals surface area contributed by atoms with E-state index < -0.39 is 5.97 Å². The van der Waals surface area contributed by atoms with Gasteiger partial charge in [-0.2, -0.15) is 5.26 Å². The molecule has 0 bridgehead atoms. The highest BCUT2D eigenvalue weighted by Crippen LogP contribution is 2.40. The highest BCUT2D eigenvalue weighted by Gasteiger charge is 2.25. The predicted molar refractivity (Wildman–Crippen MR) is 75.5 cm³/mol. The predicted octanol–water partition coefficient (Wildman–Crippen LogP) is 3.14. The lowest BCUT2D eigenvalue weighted by atomic mass is 10.0. The first-order valence-electron chi connectivity index (χ1n) is 6.29. The Morgan fingerprint density at radius 1 is 1.45 bits per heavy atom. The van der Waals surface area contributed by atoms with E-state index in [-0.39, 0.29) is 12.2 Å². The Balaban J connectivity index is 2.54. The van der Waals surface area contributed by atoms with E-state index in [1.54, 1.807) is 13.0 Å². The summed E-state index contributed by atoms with van der Waals surface area (Å²) in [5.74, 6) is -0.0438. The van der Waals surface area contributed by atoms with Crippen LogP contribution in [0.25, 0.3) is 5.57 Å². The number of rotatable bonds is 3. The van der Waals surface area contributed by atoms with Crippen molar-refractivity contribution in [1.82, 2.24) is 0 Å². The van der Waals surface area contributed by atoms with Crippen LogP contribution in [0.3, 0.4) is 0 Å². The van der Waals surface area contributed by atoms with Crippen LogP contribution in [0.4, 0.5) is 0 Å². The van der Waals surface area contributed by atoms with Crippen LogP contribution in [-0.4, -0.2) is 19.7 Å². The van der Waals surface area contributed by atoms with Crippen LogP contribution in [0.5, 0.6) is 5.75 Å². The Morgan fingerprint density at radius 2 is 2.20 bits per heavy atom. The molecular formula is C15H14ClNO3. The summed E-state index contributed by atoms with van der Waals surface area (Å²) in [5, 5.41) is 9.75. The van der Waals surface area contributed by atoms with Crippen molar-refractivity contribution in [2.24, 2.45) is 0 Å². The van der Waals surface area contributed by atoms with Gasteiger partial charge in [0.2, 0.25) is 0 Å². The molecule has 0 radical (unpaired) electrons. The van der Waals surface area contributed by atoms with Crippen molar-refractivity contribution >= 4 is 23.1 Å². The van der Waals surface area contributed by atoms with Gasteiger partial charge < -0.3 is 9.47 Å². The van der Waals surface area contributed by atoms with E-state index in [4.69, 9.17) is 21.1 Å². The van der Waals surface area contributed by atoms with Crippen molar-refractivity contribution in [3.8, 4) is 11.8 Å². The molecule has 0 N–H and O–H groups in total. The van der Waals surface area contributed by atoms with Gasteiger partial charge in [-0.3, -0.25) is 0 Å². The first kappa shape index (κ1) is 14.4. The summed E-state index contributed by atoms with van der Waals surface area (Å²) in [7, 11) is 1.53. The van der Waals surface area contributed by atoms with Gasteiger partial charge in [-0.15, -0.1) is 0 Å². The van der Waals surface area contributed by atoms with E-state index in [0.29, 0.717) is 22.8 Å². The zero-order chi connectivity index (χ0) is 14.7. The molecule has 1 aliphatic rings. The number of carbonyl (C=O) groups is 1. The van der Waals surface area contributed by atoms with Crippen molar-refractivity contribution in [2.75, 3.05) is 13.7 Å². The summed E-state index contributed by atoms with van der Waals surface area (Å²) in [6, 6.07) is 5.55. The monoisotopic (exact) mass is 291 g/mol. The standard InChI is InChI=1S/C15H14ClNO3/c1-3-20-15(18)12(8-17)10-5-4-9-6-13(16)14(19-2)7-11(9)10/h6-7H,3-5H2,1-2H3. The van der Waals surface area contributed by atoms with Crippen molar-refractivity contribution in [3.05, 3.63) is 33.9 Å². The Labute approximate surface area is 122 Å². The number of methoxy groups -OCH3 is 1. The molecule has 1 aliphatic carbocycles. The Bertz CT molecular complexity index is 629. The van der Waals surface area contributed by atoms with E-state index in [2.05, 4.69) is 0 Å². The van der Waals surface area contributed by atoms with Crippen molar-refractivity contribution in [1.29, 1.82) is 5.26 Å². The number of benzene rings is 1. The fourth-order valence-electron chi connectivity index (χ4n) is 2.33. The lowest BCUT2D eigenvalue weighted by Crippen LogP contribution is -2.08. The van der Waals surface area contributed by atoms with Gasteiger partial charge in [0.05, 0.1) is 18.7 Å². The summed E-state index contributed by atoms with van der Waals surface area (Å²) in [6.45, 7) is 1.96. The van der Waals surface area contributed by atoms with Gasteiger partial charge in [-0.1, -0.05) is 11.6 Å². The van der Waals surface area contributed by atoms with E-state index in [9.17, 15) is 10.1 Å². The van der Waals surface area contributed by atoms with Crippen LogP contribution in [0.15, 0.2) is 17.7 Å². The number of halogens is 1. The van der Waals surface area contributed by atoms with Gasteiger partial charge in [-0.05, 0) is 48.6 Å². The molecule has 0 amide bonds. The molecule has 4 nitrogen and oxygen atoms in total. The van der Waals surface area contributed by atoms with E-state index in [0.717, 1.165) is 17.5 Å². The normalized spacial score (nSPS) is 15.3. The minimum atomic E-state index is -0.577. The molecule has 20 heavy (non-hydrogen) atoms. The molecule has 2 rings (SSSR count). The second kappa shape index (κ2) is 5.98. The number of esters is 1. The fraction of sp³-hybridized carbons (Fsp3) is 0.333. The van der Waals surface area contributed by atoms with Gasteiger partial charge in [0, 0.05) is 0 Å². The molecule has 1 aromatic carbocycles. The number of fused-ring (bicyclic) bond motifs is 1. The second-order valence-electron chi connectivity index (χ2n) is 4.33. The molecule has 0 spiro atoms. The highest BCUT2D eigenvalue weighted by molar-refractivity contribution is 6.32. The highest BCUT2D eigenvalue weighted by atomic mass is 35.5. The molecule has 0 fully saturated rings. The van der Waals surface area contributed by atoms with E-state index in [1.807, 2.05) is 12.1 Å². The molecule has 0 unspecified atom stereocenters. The van der Waals surface area contributed by atoms with Crippen LogP contribution in [0.1, 0.15) is 24.5 Å². The maximum absolute atomic E-state index is 11.8. The summed E-state index contributed by atoms with van der Waals surface area (Å²) < 4.78 is 10.1. The molecule has 0 saturated heterocycles. The Kier molecular flexibility index (Phi) is 4.31. The Hall–Kier alpha value is -1.99. The van der Waals surface area contributed by atoms with Crippen molar-refractivity contribution in [3.63, 3.8) is 0 Å². The summed E-state index contributed by atoms with van der Waals surface area (Å²) in [4.78, 5) is 11.8. The maximum Gasteiger partial charge on any atom is 0.349 e. The quantitative estimate of drug-likeness (QED) is 0.488. The zero-order valence-corrected chi connectivity index (χ0v) is 12.1. The van der Waals surface area contributed by atoms with Gasteiger partial charge in [0.25, 0.3) is 0 Å². The van der Waals surface area contributed by atoms with Crippen LogP contribution < -0.4 is 4.74 Å². The summed E-state index contributed by atoms with van der Waals surface area (Å²) >= 11 is 6.08. The number of aryl methyl sites for hydroxylation is 1. The van der Waals surface area contributed by atoms with Crippen LogP contribution in [0.2, 0.25) is 5.02 Å². The molecule has 0 aromatic heterocycles. The van der Waals surface area contributed by atoms with E-state index >= 15 is 0 Å². The number of nitrogens with zero attached hydrogens (tertiary/aromatic N) is 1. The SMILES string of the molecule is CCOC(=O)C(C#N)=C1CCc2cc(Cl)c(OC)cc21. The zero-order valence-electron chi connectivity index (χ0n) is 11.3. The third kappa shape index (κ3) is 2.50. The minimum absolute atomic E-state index is 0.0648. The second-order valence-corrected chi connectivity index (χ2v) is 4.74. The average Bonchev–Trinajstić information content (AvgIpc) is 2.82. The fourth-order valence-corrected chi connectivity index (χ4v) is 2.60. The Morgan fingerprint density at radius 3 is 2.80 bits per heavy atom. The topological polar surface area (TPSA) is 59.3 Å². The average molecular weight is 292 g/mol. The largest absolute Gasteiger partial charge is 0.495 e. The van der Waals surface area contributed by atoms with E-state index in [1.165, 1.54) is 7.11 Å². The maximum atomic E-state index is 11.8. The van der Waals surface area contributed by atoms with Crippen molar-refractivity contribution in [2.45, 2.75) is 19.8 Å². The third-order valence-corrected chi connectivity index (χ3v) is 3.54. The van der Waals surface area contributed by atoms with Crippen LogP contribution in [0, 0.1) is 11.3 Å². The smallest absolute Gasteiger partial charge is 0.349 e. The molecular weight excluding hydrogens is 278 g/mol. The summed E-state index contributed by atoms with van der Waals surface area (Å²) in [6.07, 6.45) is 1.37. The van der Waals surface area contributed by atoms with Gasteiger partial charge in [0.1, 0.15) is 17.4 Å². The number of allylic oxidation sites excluding steroid dienone is 1. The van der Waals surface area contributed by atoms with Gasteiger partial charge >= 0.3 is 5.97 Å². The molecule has 1 aromatic rings. The molecule has 0 saturated carbocycles. The third-order valence-electron chi connectivity index (χ3n) is 3.24. The molecule has 5 heteroatoms. The number of ether oxygens (including phenoxy) is 2.